The smallest absolute Gasteiger partial charge is 0.316 e. The van der Waals surface area contributed by atoms with Crippen LogP contribution in [0.3, 0.4) is 0 Å². The van der Waals surface area contributed by atoms with Gasteiger partial charge in [0, 0.05) is 12.3 Å². The van der Waals surface area contributed by atoms with Gasteiger partial charge in [-0.05, 0) is 35.6 Å². The fourth-order valence-corrected chi connectivity index (χ4v) is 3.03. The van der Waals surface area contributed by atoms with E-state index in [4.69, 9.17) is 4.55 Å². The highest BCUT2D eigenvalue weighted by molar-refractivity contribution is 8.69. The van der Waals surface area contributed by atoms with Gasteiger partial charge in [-0.25, -0.2) is 0 Å². The van der Waals surface area contributed by atoms with Crippen LogP contribution in [0.2, 0.25) is 0 Å². The van der Waals surface area contributed by atoms with Gasteiger partial charge < -0.3 is 5.32 Å². The first-order valence-corrected chi connectivity index (χ1v) is 9.58. The van der Waals surface area contributed by atoms with E-state index in [1.54, 1.807) is 0 Å². The van der Waals surface area contributed by atoms with E-state index in [0.717, 1.165) is 18.9 Å². The lowest BCUT2D eigenvalue weighted by molar-refractivity contribution is 0.428. The molecule has 0 saturated carbocycles. The predicted molar refractivity (Wildman–Crippen MR) is 79.3 cm³/mol. The molecule has 18 heavy (non-hydrogen) atoms. The van der Waals surface area contributed by atoms with Crippen LogP contribution < -0.4 is 5.32 Å². The van der Waals surface area contributed by atoms with Crippen LogP contribution in [0.5, 0.6) is 0 Å². The fraction of sp³-hybridized carbons (Fsp3) is 1.00. The average molecular weight is 297 g/mol. The summed E-state index contributed by atoms with van der Waals surface area (Å²) in [5.74, 6) is 1.89. The Hall–Kier alpha value is 0.220. The van der Waals surface area contributed by atoms with Gasteiger partial charge >= 0.3 is 9.15 Å². The number of nitrogens with one attached hydrogen (secondary N) is 1. The zero-order valence-electron chi connectivity index (χ0n) is 11.7. The second-order valence-electron chi connectivity index (χ2n) is 5.22. The SMILES string of the molecule is CC(C)CCC[C@@H](C)CCNCCSS(=O)(=O)O. The van der Waals surface area contributed by atoms with E-state index in [0.29, 0.717) is 29.0 Å². The normalized spacial score (nSPS) is 14.1. The molecule has 110 valence electrons. The largest absolute Gasteiger partial charge is 0.319 e. The molecular formula is C12H27NO3S2. The molecule has 0 aromatic carbocycles. The summed E-state index contributed by atoms with van der Waals surface area (Å²) in [6.07, 6.45) is 4.97. The fourth-order valence-electron chi connectivity index (χ4n) is 1.71. The molecule has 2 N–H and O–H groups in total. The molecule has 0 unspecified atom stereocenters. The van der Waals surface area contributed by atoms with Crippen molar-refractivity contribution in [1.82, 2.24) is 5.32 Å². The molecule has 0 aromatic heterocycles. The number of rotatable bonds is 11. The van der Waals surface area contributed by atoms with Gasteiger partial charge in [-0.1, -0.05) is 40.0 Å². The zero-order chi connectivity index (χ0) is 14.0. The van der Waals surface area contributed by atoms with Crippen molar-refractivity contribution in [3.8, 4) is 0 Å². The molecule has 0 spiro atoms. The lowest BCUT2D eigenvalue weighted by Crippen LogP contribution is -2.20. The van der Waals surface area contributed by atoms with Gasteiger partial charge in [0.1, 0.15) is 0 Å². The molecule has 0 amide bonds. The summed E-state index contributed by atoms with van der Waals surface area (Å²) in [6.45, 7) is 8.28. The van der Waals surface area contributed by atoms with Crippen molar-refractivity contribution in [1.29, 1.82) is 0 Å². The molecule has 0 rings (SSSR count). The molecule has 0 bridgehead atoms. The van der Waals surface area contributed by atoms with Crippen molar-refractivity contribution in [2.24, 2.45) is 11.8 Å². The first-order valence-electron chi connectivity index (χ1n) is 6.64. The molecule has 0 fully saturated rings. The Kier molecular flexibility index (Phi) is 10.2. The minimum Gasteiger partial charge on any atom is -0.316 e. The maximum atomic E-state index is 10.4. The molecule has 0 aliphatic carbocycles. The molecule has 0 heterocycles. The zero-order valence-corrected chi connectivity index (χ0v) is 13.3. The monoisotopic (exact) mass is 297 g/mol. The summed E-state index contributed by atoms with van der Waals surface area (Å²) in [5.41, 5.74) is 0. The molecule has 4 nitrogen and oxygen atoms in total. The summed E-state index contributed by atoms with van der Waals surface area (Å²) in [4.78, 5) is 0. The van der Waals surface area contributed by atoms with Gasteiger partial charge in [-0.2, -0.15) is 8.42 Å². The summed E-state index contributed by atoms with van der Waals surface area (Å²) < 4.78 is 29.4. The summed E-state index contributed by atoms with van der Waals surface area (Å²) in [6, 6.07) is 0. The van der Waals surface area contributed by atoms with Crippen molar-refractivity contribution >= 4 is 19.9 Å². The van der Waals surface area contributed by atoms with E-state index in [-0.39, 0.29) is 0 Å². The van der Waals surface area contributed by atoms with Crippen LogP contribution in [0.15, 0.2) is 0 Å². The third-order valence-corrected chi connectivity index (χ3v) is 4.87. The van der Waals surface area contributed by atoms with Crippen LogP contribution in [0.4, 0.5) is 0 Å². The second-order valence-corrected chi connectivity index (χ2v) is 8.69. The van der Waals surface area contributed by atoms with Gasteiger partial charge in [0.2, 0.25) is 0 Å². The summed E-state index contributed by atoms with van der Waals surface area (Å²) in [5, 5.41) is 3.19. The van der Waals surface area contributed by atoms with Gasteiger partial charge in [0.15, 0.2) is 0 Å². The van der Waals surface area contributed by atoms with Gasteiger partial charge in [-0.15, -0.1) is 0 Å². The summed E-state index contributed by atoms with van der Waals surface area (Å²) >= 11 is 0. The highest BCUT2D eigenvalue weighted by atomic mass is 33.1. The van der Waals surface area contributed by atoms with Crippen molar-refractivity contribution < 1.29 is 13.0 Å². The van der Waals surface area contributed by atoms with E-state index in [1.165, 1.54) is 19.3 Å². The Morgan fingerprint density at radius 2 is 1.78 bits per heavy atom. The summed E-state index contributed by atoms with van der Waals surface area (Å²) in [7, 11) is -3.30. The third-order valence-electron chi connectivity index (χ3n) is 2.80. The molecule has 1 atom stereocenters. The molecule has 0 radical (unpaired) electrons. The van der Waals surface area contributed by atoms with Crippen molar-refractivity contribution in [2.75, 3.05) is 18.8 Å². The Labute approximate surface area is 115 Å². The van der Waals surface area contributed by atoms with Crippen LogP contribution in [0.1, 0.15) is 46.5 Å². The Morgan fingerprint density at radius 1 is 1.11 bits per heavy atom. The van der Waals surface area contributed by atoms with Crippen molar-refractivity contribution in [2.45, 2.75) is 46.5 Å². The molecule has 0 aliphatic heterocycles. The van der Waals surface area contributed by atoms with Crippen LogP contribution in [0, 0.1) is 11.8 Å². The Bertz CT molecular complexity index is 292. The van der Waals surface area contributed by atoms with Crippen LogP contribution in [-0.2, 0) is 9.15 Å². The highest BCUT2D eigenvalue weighted by Gasteiger charge is 2.05. The molecular weight excluding hydrogens is 270 g/mol. The van der Waals surface area contributed by atoms with Crippen molar-refractivity contribution in [3.63, 3.8) is 0 Å². The van der Waals surface area contributed by atoms with E-state index in [1.807, 2.05) is 0 Å². The van der Waals surface area contributed by atoms with Gasteiger partial charge in [0.05, 0.1) is 0 Å². The minimum atomic E-state index is -3.87. The Morgan fingerprint density at radius 3 is 2.33 bits per heavy atom. The molecule has 0 saturated heterocycles. The topological polar surface area (TPSA) is 66.4 Å². The lowest BCUT2D eigenvalue weighted by Gasteiger charge is -2.12. The van der Waals surface area contributed by atoms with E-state index < -0.39 is 9.15 Å². The quantitative estimate of drug-likeness (QED) is 0.349. The van der Waals surface area contributed by atoms with Crippen LogP contribution in [-0.4, -0.2) is 31.8 Å². The standard InChI is InChI=1S/C12H27NO3S2/c1-11(2)5-4-6-12(3)7-8-13-9-10-17-18(14,15)16/h11-13H,4-10H2,1-3H3,(H,14,15,16)/t12-/m1/s1. The molecule has 0 aromatic rings. The maximum Gasteiger partial charge on any atom is 0.319 e. The second kappa shape index (κ2) is 10.1. The van der Waals surface area contributed by atoms with E-state index in [2.05, 4.69) is 26.1 Å². The van der Waals surface area contributed by atoms with Crippen LogP contribution in [0.25, 0.3) is 0 Å². The van der Waals surface area contributed by atoms with E-state index >= 15 is 0 Å². The molecule has 6 heteroatoms. The predicted octanol–water partition coefficient (Wildman–Crippen LogP) is 2.96. The molecule has 0 aliphatic rings. The first kappa shape index (κ1) is 18.2. The Balaban J connectivity index is 3.32. The first-order chi connectivity index (χ1) is 8.31. The lowest BCUT2D eigenvalue weighted by atomic mass is 9.97. The highest BCUT2D eigenvalue weighted by Crippen LogP contribution is 2.14. The average Bonchev–Trinajstić information content (AvgIpc) is 2.21. The minimum absolute atomic E-state index is 0.389. The van der Waals surface area contributed by atoms with Crippen LogP contribution >= 0.6 is 10.8 Å². The number of hydrogen-bond donors (Lipinski definition) is 2. The maximum absolute atomic E-state index is 10.4. The van der Waals surface area contributed by atoms with Gasteiger partial charge in [0.25, 0.3) is 0 Å². The number of hydrogen-bond acceptors (Lipinski definition) is 4. The van der Waals surface area contributed by atoms with Crippen molar-refractivity contribution in [3.05, 3.63) is 0 Å². The van der Waals surface area contributed by atoms with E-state index in [9.17, 15) is 8.42 Å². The van der Waals surface area contributed by atoms with Gasteiger partial charge in [-0.3, -0.25) is 4.55 Å². The third kappa shape index (κ3) is 14.3.